The number of Topliss-reactive ketones (excluding diaryl/α,β-unsaturated/α-hetero) is 1. The van der Waals surface area contributed by atoms with Crippen LogP contribution < -0.4 is 0 Å². The number of aromatic nitrogens is 1. The van der Waals surface area contributed by atoms with Crippen molar-refractivity contribution in [3.8, 4) is 0 Å². The van der Waals surface area contributed by atoms with Crippen LogP contribution in [0, 0.1) is 25.5 Å². The van der Waals surface area contributed by atoms with E-state index < -0.39 is 35.6 Å². The number of hydrogen-bond acceptors (Lipinski definition) is 4. The summed E-state index contributed by atoms with van der Waals surface area (Å²) in [4.78, 5) is 25.5. The second kappa shape index (κ2) is 7.84. The van der Waals surface area contributed by atoms with Crippen LogP contribution in [0.15, 0.2) is 41.8 Å². The number of ether oxygens (including phenoxy) is 1. The van der Waals surface area contributed by atoms with Gasteiger partial charge in [-0.2, -0.15) is 0 Å². The summed E-state index contributed by atoms with van der Waals surface area (Å²) in [5, 5.41) is 1.98. The summed E-state index contributed by atoms with van der Waals surface area (Å²) < 4.78 is 34.1. The molecule has 1 aromatic carbocycles. The fourth-order valence-electron chi connectivity index (χ4n) is 2.86. The minimum Gasteiger partial charge on any atom is -0.454 e. The SMILES string of the molecule is Cc1cc(C(=O)COC(=O)c2c(F)cccc2F)c(C)n1Cc1cccs1. The lowest BCUT2D eigenvalue weighted by Gasteiger charge is -2.09. The minimum atomic E-state index is -1.20. The second-order valence-corrected chi connectivity index (χ2v) is 7.08. The summed E-state index contributed by atoms with van der Waals surface area (Å²) in [5.74, 6) is -3.68. The molecule has 4 nitrogen and oxygen atoms in total. The van der Waals surface area contributed by atoms with Crippen molar-refractivity contribution >= 4 is 23.1 Å². The number of thiophene rings is 1. The van der Waals surface area contributed by atoms with E-state index in [0.29, 0.717) is 12.1 Å². The van der Waals surface area contributed by atoms with Crippen LogP contribution in [0.5, 0.6) is 0 Å². The van der Waals surface area contributed by atoms with Crippen molar-refractivity contribution in [2.45, 2.75) is 20.4 Å². The fourth-order valence-corrected chi connectivity index (χ4v) is 3.55. The molecule has 0 saturated carbocycles. The molecule has 0 spiro atoms. The maximum absolute atomic E-state index is 13.6. The molecule has 0 atom stereocenters. The van der Waals surface area contributed by atoms with E-state index in [0.717, 1.165) is 34.5 Å². The van der Waals surface area contributed by atoms with Gasteiger partial charge in [0.05, 0.1) is 6.54 Å². The molecule has 0 aliphatic heterocycles. The van der Waals surface area contributed by atoms with Crippen molar-refractivity contribution in [2.75, 3.05) is 6.61 Å². The molecule has 0 bridgehead atoms. The molecule has 3 rings (SSSR count). The van der Waals surface area contributed by atoms with Gasteiger partial charge in [0.1, 0.15) is 17.2 Å². The van der Waals surface area contributed by atoms with Gasteiger partial charge in [-0.25, -0.2) is 13.6 Å². The summed E-state index contributed by atoms with van der Waals surface area (Å²) in [6.45, 7) is 3.75. The summed E-state index contributed by atoms with van der Waals surface area (Å²) in [7, 11) is 0. The number of hydrogen-bond donors (Lipinski definition) is 0. The summed E-state index contributed by atoms with van der Waals surface area (Å²) in [6.07, 6.45) is 0. The molecule has 0 amide bonds. The number of nitrogens with zero attached hydrogens (tertiary/aromatic N) is 1. The Labute approximate surface area is 159 Å². The second-order valence-electron chi connectivity index (χ2n) is 6.05. The number of carbonyl (C=O) groups is 2. The molecule has 0 saturated heterocycles. The van der Waals surface area contributed by atoms with Crippen LogP contribution in [0.4, 0.5) is 8.78 Å². The topological polar surface area (TPSA) is 48.3 Å². The van der Waals surface area contributed by atoms with Crippen LogP contribution in [0.25, 0.3) is 0 Å². The van der Waals surface area contributed by atoms with E-state index in [1.165, 1.54) is 0 Å². The predicted molar refractivity (Wildman–Crippen MR) is 98.3 cm³/mol. The molecular formula is C20H17F2NO3S. The van der Waals surface area contributed by atoms with Gasteiger partial charge in [0.15, 0.2) is 6.61 Å². The van der Waals surface area contributed by atoms with E-state index >= 15 is 0 Å². The average molecular weight is 389 g/mol. The number of carbonyl (C=O) groups excluding carboxylic acids is 2. The van der Waals surface area contributed by atoms with Crippen molar-refractivity contribution in [3.05, 3.63) is 80.8 Å². The number of halogens is 2. The number of esters is 1. The first-order valence-corrected chi connectivity index (χ1v) is 9.10. The first-order valence-electron chi connectivity index (χ1n) is 8.22. The Balaban J connectivity index is 1.72. The lowest BCUT2D eigenvalue weighted by atomic mass is 10.1. The number of rotatable bonds is 6. The molecule has 2 aromatic heterocycles. The third-order valence-corrected chi connectivity index (χ3v) is 5.13. The highest BCUT2D eigenvalue weighted by Crippen LogP contribution is 2.20. The van der Waals surface area contributed by atoms with E-state index in [-0.39, 0.29) is 0 Å². The van der Waals surface area contributed by atoms with E-state index in [4.69, 9.17) is 4.74 Å². The molecule has 2 heterocycles. The highest BCUT2D eigenvalue weighted by molar-refractivity contribution is 7.09. The minimum absolute atomic E-state index is 0.422. The van der Waals surface area contributed by atoms with E-state index in [1.54, 1.807) is 17.4 Å². The van der Waals surface area contributed by atoms with Gasteiger partial charge in [-0.05, 0) is 43.5 Å². The highest BCUT2D eigenvalue weighted by atomic mass is 32.1. The van der Waals surface area contributed by atoms with Crippen LogP contribution in [-0.4, -0.2) is 22.9 Å². The monoisotopic (exact) mass is 389 g/mol. The Morgan fingerprint density at radius 3 is 2.44 bits per heavy atom. The van der Waals surface area contributed by atoms with Gasteiger partial charge in [-0.1, -0.05) is 12.1 Å². The van der Waals surface area contributed by atoms with Crippen LogP contribution in [0.1, 0.15) is 37.0 Å². The Morgan fingerprint density at radius 1 is 1.11 bits per heavy atom. The average Bonchev–Trinajstić information content (AvgIpc) is 3.23. The van der Waals surface area contributed by atoms with Gasteiger partial charge in [0.2, 0.25) is 5.78 Å². The van der Waals surface area contributed by atoms with E-state index in [2.05, 4.69) is 0 Å². The zero-order chi connectivity index (χ0) is 19.6. The normalized spacial score (nSPS) is 10.8. The molecule has 0 aliphatic rings. The molecule has 0 fully saturated rings. The van der Waals surface area contributed by atoms with E-state index in [1.807, 2.05) is 35.9 Å². The van der Waals surface area contributed by atoms with Crippen molar-refractivity contribution < 1.29 is 23.1 Å². The van der Waals surface area contributed by atoms with E-state index in [9.17, 15) is 18.4 Å². The number of benzene rings is 1. The van der Waals surface area contributed by atoms with Gasteiger partial charge < -0.3 is 9.30 Å². The first kappa shape index (κ1) is 19.0. The van der Waals surface area contributed by atoms with Crippen molar-refractivity contribution in [3.63, 3.8) is 0 Å². The van der Waals surface area contributed by atoms with Crippen LogP contribution in [-0.2, 0) is 11.3 Å². The van der Waals surface area contributed by atoms with Crippen LogP contribution in [0.3, 0.4) is 0 Å². The smallest absolute Gasteiger partial charge is 0.344 e. The zero-order valence-corrected chi connectivity index (χ0v) is 15.6. The van der Waals surface area contributed by atoms with Crippen LogP contribution >= 0.6 is 11.3 Å². The first-order chi connectivity index (χ1) is 12.9. The lowest BCUT2D eigenvalue weighted by molar-refractivity contribution is 0.0465. The van der Waals surface area contributed by atoms with Gasteiger partial charge in [0.25, 0.3) is 0 Å². The largest absolute Gasteiger partial charge is 0.454 e. The molecule has 0 unspecified atom stereocenters. The molecule has 3 aromatic rings. The maximum Gasteiger partial charge on any atom is 0.344 e. The molecule has 7 heteroatoms. The molecule has 0 aliphatic carbocycles. The van der Waals surface area contributed by atoms with Gasteiger partial charge in [-0.15, -0.1) is 11.3 Å². The number of ketones is 1. The quantitative estimate of drug-likeness (QED) is 0.460. The molecule has 140 valence electrons. The fraction of sp³-hybridized carbons (Fsp3) is 0.200. The Bertz CT molecular complexity index is 973. The summed E-state index contributed by atoms with van der Waals surface area (Å²) in [5.41, 5.74) is 1.27. The third kappa shape index (κ3) is 3.98. The highest BCUT2D eigenvalue weighted by Gasteiger charge is 2.22. The Morgan fingerprint density at radius 2 is 1.81 bits per heavy atom. The number of aryl methyl sites for hydroxylation is 1. The van der Waals surface area contributed by atoms with Crippen molar-refractivity contribution in [1.29, 1.82) is 0 Å². The summed E-state index contributed by atoms with van der Waals surface area (Å²) in [6, 6.07) is 8.76. The van der Waals surface area contributed by atoms with Crippen LogP contribution in [0.2, 0.25) is 0 Å². The molecular weight excluding hydrogens is 372 g/mol. The lowest BCUT2D eigenvalue weighted by Crippen LogP contribution is -2.17. The maximum atomic E-state index is 13.6. The standard InChI is InChI=1S/C20H17F2NO3S/c1-12-9-15(13(2)23(12)10-14-5-4-8-27-14)18(24)11-26-20(25)19-16(21)6-3-7-17(19)22/h3-9H,10-11H2,1-2H3. The van der Waals surface area contributed by atoms with Gasteiger partial charge >= 0.3 is 5.97 Å². The zero-order valence-electron chi connectivity index (χ0n) is 14.8. The Hall–Kier alpha value is -2.80. The predicted octanol–water partition coefficient (Wildman–Crippen LogP) is 4.53. The van der Waals surface area contributed by atoms with Crippen molar-refractivity contribution in [1.82, 2.24) is 4.57 Å². The molecule has 0 N–H and O–H groups in total. The van der Waals surface area contributed by atoms with Gasteiger partial charge in [0, 0.05) is 21.8 Å². The summed E-state index contributed by atoms with van der Waals surface area (Å²) >= 11 is 1.62. The molecule has 27 heavy (non-hydrogen) atoms. The third-order valence-electron chi connectivity index (χ3n) is 4.27. The van der Waals surface area contributed by atoms with Gasteiger partial charge in [-0.3, -0.25) is 4.79 Å². The van der Waals surface area contributed by atoms with Crippen molar-refractivity contribution in [2.24, 2.45) is 0 Å². The molecule has 0 radical (unpaired) electrons. The Kier molecular flexibility index (Phi) is 5.51.